The molecule has 0 spiro atoms. The van der Waals surface area contributed by atoms with Gasteiger partial charge in [-0.05, 0) is 107 Å². The second-order valence-corrected chi connectivity index (χ2v) is 9.55. The first-order chi connectivity index (χ1) is 18.1. The fourth-order valence-electron chi connectivity index (χ4n) is 5.43. The lowest BCUT2D eigenvalue weighted by Crippen LogP contribution is -2.45. The van der Waals surface area contributed by atoms with Gasteiger partial charge in [0.25, 0.3) is 0 Å². The third-order valence-corrected chi connectivity index (χ3v) is 7.08. The zero-order chi connectivity index (χ0) is 26.2. The molecule has 1 saturated heterocycles. The summed E-state index contributed by atoms with van der Waals surface area (Å²) >= 11 is 0. The highest BCUT2D eigenvalue weighted by molar-refractivity contribution is 5.79. The van der Waals surface area contributed by atoms with Crippen molar-refractivity contribution in [1.82, 2.24) is 9.80 Å². The number of amides is 1. The Kier molecular flexibility index (Phi) is 9.56. The summed E-state index contributed by atoms with van der Waals surface area (Å²) in [4.78, 5) is 18.0. The predicted octanol–water partition coefficient (Wildman–Crippen LogP) is 5.05. The van der Waals surface area contributed by atoms with Crippen LogP contribution in [0.15, 0.2) is 30.3 Å². The third-order valence-electron chi connectivity index (χ3n) is 7.08. The quantitative estimate of drug-likeness (QED) is 0.399. The molecule has 2 aliphatic rings. The number of hydrogen-bond donors (Lipinski definition) is 0. The molecule has 7 nitrogen and oxygen atoms in total. The molecule has 0 bridgehead atoms. The molecule has 202 valence electrons. The van der Waals surface area contributed by atoms with Gasteiger partial charge in [0.15, 0.2) is 23.0 Å². The van der Waals surface area contributed by atoms with Crippen LogP contribution >= 0.6 is 0 Å². The van der Waals surface area contributed by atoms with E-state index >= 15 is 0 Å². The van der Waals surface area contributed by atoms with Gasteiger partial charge in [-0.15, -0.1) is 0 Å². The van der Waals surface area contributed by atoms with E-state index in [0.29, 0.717) is 45.9 Å². The van der Waals surface area contributed by atoms with Crippen LogP contribution in [0.2, 0.25) is 0 Å². The van der Waals surface area contributed by atoms with Gasteiger partial charge in [0.05, 0.1) is 39.0 Å². The van der Waals surface area contributed by atoms with Gasteiger partial charge < -0.3 is 23.8 Å². The van der Waals surface area contributed by atoms with E-state index in [1.165, 1.54) is 18.4 Å². The summed E-state index contributed by atoms with van der Waals surface area (Å²) < 4.78 is 23.6. The first-order valence-electron chi connectivity index (χ1n) is 13.9. The molecular formula is C30H42N2O5. The minimum Gasteiger partial charge on any atom is -0.490 e. The first kappa shape index (κ1) is 27.1. The SMILES string of the molecule is CCOc1ccc(CC2c3cc(OCC)c(OCC)cc3CCN2C(=O)CN2CCCC2)cc1OCC. The van der Waals surface area contributed by atoms with Gasteiger partial charge in [0.2, 0.25) is 5.91 Å². The van der Waals surface area contributed by atoms with Crippen molar-refractivity contribution in [3.8, 4) is 23.0 Å². The van der Waals surface area contributed by atoms with Crippen molar-refractivity contribution in [1.29, 1.82) is 0 Å². The number of rotatable bonds is 12. The Morgan fingerprint density at radius 3 is 2.03 bits per heavy atom. The number of hydrogen-bond acceptors (Lipinski definition) is 6. The normalized spacial score (nSPS) is 17.4. The van der Waals surface area contributed by atoms with Crippen LogP contribution in [0.4, 0.5) is 0 Å². The van der Waals surface area contributed by atoms with Gasteiger partial charge >= 0.3 is 0 Å². The van der Waals surface area contributed by atoms with Crippen LogP contribution in [0, 0.1) is 0 Å². The Morgan fingerprint density at radius 1 is 0.784 bits per heavy atom. The predicted molar refractivity (Wildman–Crippen MR) is 145 cm³/mol. The fourth-order valence-corrected chi connectivity index (χ4v) is 5.43. The van der Waals surface area contributed by atoms with Crippen molar-refractivity contribution in [2.75, 3.05) is 52.6 Å². The van der Waals surface area contributed by atoms with Crippen LogP contribution in [0.5, 0.6) is 23.0 Å². The van der Waals surface area contributed by atoms with Gasteiger partial charge in [0.1, 0.15) is 0 Å². The molecule has 2 aromatic carbocycles. The average molecular weight is 511 g/mol. The van der Waals surface area contributed by atoms with Crippen LogP contribution < -0.4 is 18.9 Å². The molecular weight excluding hydrogens is 468 g/mol. The van der Waals surface area contributed by atoms with Crippen molar-refractivity contribution in [2.24, 2.45) is 0 Å². The summed E-state index contributed by atoms with van der Waals surface area (Å²) in [6, 6.07) is 10.2. The van der Waals surface area contributed by atoms with E-state index in [2.05, 4.69) is 34.1 Å². The maximum Gasteiger partial charge on any atom is 0.237 e. The topological polar surface area (TPSA) is 60.5 Å². The van der Waals surface area contributed by atoms with E-state index in [0.717, 1.165) is 53.6 Å². The van der Waals surface area contributed by atoms with Crippen LogP contribution in [0.25, 0.3) is 0 Å². The molecule has 1 atom stereocenters. The number of ether oxygens (including phenoxy) is 4. The van der Waals surface area contributed by atoms with E-state index < -0.39 is 0 Å². The molecule has 1 fully saturated rings. The minimum absolute atomic E-state index is 0.0962. The monoisotopic (exact) mass is 510 g/mol. The molecule has 4 rings (SSSR count). The zero-order valence-electron chi connectivity index (χ0n) is 22.9. The summed E-state index contributed by atoms with van der Waals surface area (Å²) in [6.07, 6.45) is 3.83. The van der Waals surface area contributed by atoms with Crippen LogP contribution in [-0.4, -0.2) is 68.3 Å². The molecule has 0 N–H and O–H groups in total. The maximum atomic E-state index is 13.6. The lowest BCUT2D eigenvalue weighted by molar-refractivity contribution is -0.135. The van der Waals surface area contributed by atoms with Crippen molar-refractivity contribution in [2.45, 2.75) is 59.4 Å². The summed E-state index contributed by atoms with van der Waals surface area (Å²) in [5.74, 6) is 3.20. The van der Waals surface area contributed by atoms with Crippen molar-refractivity contribution >= 4 is 5.91 Å². The summed E-state index contributed by atoms with van der Waals surface area (Å²) in [5.41, 5.74) is 3.47. The second kappa shape index (κ2) is 13.0. The highest BCUT2D eigenvalue weighted by atomic mass is 16.5. The van der Waals surface area contributed by atoms with Gasteiger partial charge in [-0.1, -0.05) is 6.07 Å². The number of nitrogens with zero attached hydrogens (tertiary/aromatic N) is 2. The number of fused-ring (bicyclic) bond motifs is 1. The Labute approximate surface area is 221 Å². The largest absolute Gasteiger partial charge is 0.490 e. The van der Waals surface area contributed by atoms with Crippen LogP contribution in [0.3, 0.4) is 0 Å². The standard InChI is InChI=1S/C30H42N2O5/c1-5-34-26-12-11-22(18-27(26)35-6-2)17-25-24-20-29(37-8-4)28(36-7-3)19-23(24)13-16-32(25)30(33)21-31-14-9-10-15-31/h11-12,18-20,25H,5-10,13-17,21H2,1-4H3. The van der Waals surface area contributed by atoms with Crippen molar-refractivity contribution < 1.29 is 23.7 Å². The molecule has 7 heteroatoms. The molecule has 2 heterocycles. The molecule has 1 unspecified atom stereocenters. The zero-order valence-corrected chi connectivity index (χ0v) is 22.9. The van der Waals surface area contributed by atoms with Gasteiger partial charge in [0, 0.05) is 6.54 Å². The number of likely N-dealkylation sites (tertiary alicyclic amines) is 1. The second-order valence-electron chi connectivity index (χ2n) is 9.55. The maximum absolute atomic E-state index is 13.6. The molecule has 2 aromatic rings. The molecule has 0 aromatic heterocycles. The molecule has 1 amide bonds. The van der Waals surface area contributed by atoms with E-state index in [-0.39, 0.29) is 11.9 Å². The highest BCUT2D eigenvalue weighted by Gasteiger charge is 2.33. The smallest absolute Gasteiger partial charge is 0.237 e. The molecule has 0 saturated carbocycles. The van der Waals surface area contributed by atoms with Gasteiger partial charge in [-0.2, -0.15) is 0 Å². The Hall–Kier alpha value is -2.93. The molecule has 0 radical (unpaired) electrons. The number of carbonyl (C=O) groups is 1. The van der Waals surface area contributed by atoms with E-state index in [1.54, 1.807) is 0 Å². The average Bonchev–Trinajstić information content (AvgIpc) is 3.40. The van der Waals surface area contributed by atoms with Gasteiger partial charge in [-0.3, -0.25) is 9.69 Å². The third kappa shape index (κ3) is 6.50. The van der Waals surface area contributed by atoms with Crippen LogP contribution in [0.1, 0.15) is 63.3 Å². The molecule has 0 aliphatic carbocycles. The summed E-state index contributed by atoms with van der Waals surface area (Å²) in [7, 11) is 0. The fraction of sp³-hybridized carbons (Fsp3) is 0.567. The lowest BCUT2D eigenvalue weighted by Gasteiger charge is -2.39. The Morgan fingerprint density at radius 2 is 1.38 bits per heavy atom. The van der Waals surface area contributed by atoms with Crippen LogP contribution in [-0.2, 0) is 17.6 Å². The lowest BCUT2D eigenvalue weighted by atomic mass is 9.88. The molecule has 37 heavy (non-hydrogen) atoms. The first-order valence-corrected chi connectivity index (χ1v) is 13.9. The van der Waals surface area contributed by atoms with Crippen molar-refractivity contribution in [3.63, 3.8) is 0 Å². The number of benzene rings is 2. The molecule has 2 aliphatic heterocycles. The van der Waals surface area contributed by atoms with Gasteiger partial charge in [-0.25, -0.2) is 0 Å². The summed E-state index contributed by atoms with van der Waals surface area (Å²) in [5, 5.41) is 0. The van der Waals surface area contributed by atoms with E-state index in [4.69, 9.17) is 18.9 Å². The Balaban J connectivity index is 1.70. The highest BCUT2D eigenvalue weighted by Crippen LogP contribution is 2.41. The van der Waals surface area contributed by atoms with Crippen molar-refractivity contribution in [3.05, 3.63) is 47.0 Å². The Bertz CT molecular complexity index is 1050. The summed E-state index contributed by atoms with van der Waals surface area (Å²) in [6.45, 7) is 13.4. The minimum atomic E-state index is -0.0962. The van der Waals surface area contributed by atoms with E-state index in [1.807, 2.05) is 33.8 Å². The number of carbonyl (C=O) groups excluding carboxylic acids is 1. The van der Waals surface area contributed by atoms with E-state index in [9.17, 15) is 4.79 Å².